The second-order valence-corrected chi connectivity index (χ2v) is 6.73. The van der Waals surface area contributed by atoms with Crippen LogP contribution in [-0.2, 0) is 0 Å². The van der Waals surface area contributed by atoms with E-state index in [-0.39, 0.29) is 0 Å². The van der Waals surface area contributed by atoms with E-state index in [9.17, 15) is 0 Å². The van der Waals surface area contributed by atoms with Crippen molar-refractivity contribution in [2.24, 2.45) is 5.92 Å². The molecule has 2 heteroatoms. The fourth-order valence-corrected chi connectivity index (χ4v) is 2.87. The van der Waals surface area contributed by atoms with Crippen molar-refractivity contribution in [2.75, 3.05) is 20.1 Å². The van der Waals surface area contributed by atoms with Gasteiger partial charge in [-0.1, -0.05) is 20.3 Å². The van der Waals surface area contributed by atoms with Crippen LogP contribution in [0.25, 0.3) is 0 Å². The van der Waals surface area contributed by atoms with Crippen LogP contribution in [0, 0.1) is 5.92 Å². The summed E-state index contributed by atoms with van der Waals surface area (Å²) in [4.78, 5) is 2.57. The number of nitrogens with zero attached hydrogens (tertiary/aromatic N) is 1. The van der Waals surface area contributed by atoms with Crippen LogP contribution in [0.3, 0.4) is 0 Å². The molecule has 1 fully saturated rings. The molecule has 1 rings (SSSR count). The molecule has 108 valence electrons. The minimum Gasteiger partial charge on any atom is -0.311 e. The molecule has 0 spiro atoms. The van der Waals surface area contributed by atoms with E-state index in [1.807, 2.05) is 0 Å². The number of likely N-dealkylation sites (N-methyl/N-ethyl adjacent to an activating group) is 1. The van der Waals surface area contributed by atoms with Gasteiger partial charge in [-0.2, -0.15) is 0 Å². The normalized spacial score (nSPS) is 25.7. The SMILES string of the molecule is CCC1CCC(N(C)CCNC(C)(C)CC)CC1. The second kappa shape index (κ2) is 7.49. The topological polar surface area (TPSA) is 15.3 Å². The number of rotatable bonds is 7. The minimum absolute atomic E-state index is 0.292. The highest BCUT2D eigenvalue weighted by molar-refractivity contribution is 4.80. The summed E-state index contributed by atoms with van der Waals surface area (Å²) in [6.45, 7) is 11.5. The molecule has 0 atom stereocenters. The highest BCUT2D eigenvalue weighted by Crippen LogP contribution is 2.28. The van der Waals surface area contributed by atoms with Crippen molar-refractivity contribution in [2.45, 2.75) is 77.8 Å². The number of hydrogen-bond acceptors (Lipinski definition) is 2. The second-order valence-electron chi connectivity index (χ2n) is 6.73. The molecule has 0 heterocycles. The Morgan fingerprint density at radius 1 is 1.11 bits per heavy atom. The summed E-state index contributed by atoms with van der Waals surface area (Å²) in [6, 6.07) is 0.833. The predicted octanol–water partition coefficient (Wildman–Crippen LogP) is 3.67. The molecule has 1 N–H and O–H groups in total. The largest absolute Gasteiger partial charge is 0.311 e. The maximum atomic E-state index is 3.66. The highest BCUT2D eigenvalue weighted by Gasteiger charge is 2.23. The zero-order chi connectivity index (χ0) is 13.6. The summed E-state index contributed by atoms with van der Waals surface area (Å²) in [5, 5.41) is 3.66. The maximum Gasteiger partial charge on any atom is 0.0123 e. The lowest BCUT2D eigenvalue weighted by Gasteiger charge is -2.35. The fraction of sp³-hybridized carbons (Fsp3) is 1.00. The summed E-state index contributed by atoms with van der Waals surface area (Å²) in [7, 11) is 2.30. The van der Waals surface area contributed by atoms with Gasteiger partial charge in [0.05, 0.1) is 0 Å². The van der Waals surface area contributed by atoms with Gasteiger partial charge in [0.2, 0.25) is 0 Å². The molecule has 0 aromatic heterocycles. The lowest BCUT2D eigenvalue weighted by molar-refractivity contribution is 0.160. The molecule has 0 amide bonds. The van der Waals surface area contributed by atoms with Gasteiger partial charge < -0.3 is 10.2 Å². The quantitative estimate of drug-likeness (QED) is 0.746. The molecule has 1 saturated carbocycles. The van der Waals surface area contributed by atoms with Crippen LogP contribution >= 0.6 is 0 Å². The molecule has 2 nitrogen and oxygen atoms in total. The van der Waals surface area contributed by atoms with Crippen LogP contribution in [0.4, 0.5) is 0 Å². The van der Waals surface area contributed by atoms with Gasteiger partial charge in [-0.25, -0.2) is 0 Å². The van der Waals surface area contributed by atoms with Gasteiger partial charge in [-0.15, -0.1) is 0 Å². The summed E-state index contributed by atoms with van der Waals surface area (Å²) < 4.78 is 0. The average molecular weight is 254 g/mol. The van der Waals surface area contributed by atoms with Crippen LogP contribution in [0.5, 0.6) is 0 Å². The maximum absolute atomic E-state index is 3.66. The molecule has 0 bridgehead atoms. The third-order valence-corrected chi connectivity index (χ3v) is 4.97. The molecule has 0 aliphatic heterocycles. The van der Waals surface area contributed by atoms with Gasteiger partial charge in [0.1, 0.15) is 0 Å². The van der Waals surface area contributed by atoms with E-state index in [0.29, 0.717) is 5.54 Å². The van der Waals surface area contributed by atoms with Gasteiger partial charge in [0.25, 0.3) is 0 Å². The smallest absolute Gasteiger partial charge is 0.0123 e. The van der Waals surface area contributed by atoms with E-state index in [0.717, 1.165) is 18.5 Å². The van der Waals surface area contributed by atoms with Crippen molar-refractivity contribution in [1.29, 1.82) is 0 Å². The third kappa shape index (κ3) is 5.27. The van der Waals surface area contributed by atoms with E-state index in [1.165, 1.54) is 45.1 Å². The Morgan fingerprint density at radius 2 is 1.72 bits per heavy atom. The first-order chi connectivity index (χ1) is 8.48. The lowest BCUT2D eigenvalue weighted by atomic mass is 9.84. The summed E-state index contributed by atoms with van der Waals surface area (Å²) in [5.74, 6) is 1.01. The van der Waals surface area contributed by atoms with E-state index in [2.05, 4.69) is 45.0 Å². The van der Waals surface area contributed by atoms with E-state index in [1.54, 1.807) is 0 Å². The Labute approximate surface area is 115 Å². The van der Waals surface area contributed by atoms with Gasteiger partial charge in [-0.05, 0) is 58.9 Å². The Hall–Kier alpha value is -0.0800. The monoisotopic (exact) mass is 254 g/mol. The van der Waals surface area contributed by atoms with E-state index in [4.69, 9.17) is 0 Å². The molecule has 0 aromatic carbocycles. The van der Waals surface area contributed by atoms with Crippen molar-refractivity contribution in [1.82, 2.24) is 10.2 Å². The Bertz CT molecular complexity index is 217. The highest BCUT2D eigenvalue weighted by atomic mass is 15.1. The van der Waals surface area contributed by atoms with Crippen molar-refractivity contribution in [3.8, 4) is 0 Å². The number of nitrogens with one attached hydrogen (secondary N) is 1. The molecule has 0 radical (unpaired) electrons. The van der Waals surface area contributed by atoms with Crippen molar-refractivity contribution in [3.63, 3.8) is 0 Å². The predicted molar refractivity (Wildman–Crippen MR) is 81.0 cm³/mol. The average Bonchev–Trinajstić information content (AvgIpc) is 2.38. The molecular formula is C16H34N2. The zero-order valence-corrected chi connectivity index (χ0v) is 13.3. The summed E-state index contributed by atoms with van der Waals surface area (Å²) in [5.41, 5.74) is 0.292. The van der Waals surface area contributed by atoms with E-state index >= 15 is 0 Å². The van der Waals surface area contributed by atoms with Gasteiger partial charge in [0.15, 0.2) is 0 Å². The van der Waals surface area contributed by atoms with Gasteiger partial charge in [0, 0.05) is 24.7 Å². The lowest BCUT2D eigenvalue weighted by Crippen LogP contribution is -2.45. The summed E-state index contributed by atoms with van der Waals surface area (Å²) in [6.07, 6.45) is 8.28. The Balaban J connectivity index is 2.19. The van der Waals surface area contributed by atoms with Crippen LogP contribution in [0.2, 0.25) is 0 Å². The van der Waals surface area contributed by atoms with Gasteiger partial charge in [-0.3, -0.25) is 0 Å². The molecule has 1 aliphatic carbocycles. The zero-order valence-electron chi connectivity index (χ0n) is 13.3. The molecule has 0 saturated heterocycles. The van der Waals surface area contributed by atoms with Crippen molar-refractivity contribution < 1.29 is 0 Å². The van der Waals surface area contributed by atoms with Crippen LogP contribution in [-0.4, -0.2) is 36.6 Å². The first-order valence-corrected chi connectivity index (χ1v) is 7.93. The molecule has 18 heavy (non-hydrogen) atoms. The first kappa shape index (κ1) is 16.0. The minimum atomic E-state index is 0.292. The fourth-order valence-electron chi connectivity index (χ4n) is 2.87. The van der Waals surface area contributed by atoms with Crippen LogP contribution in [0.15, 0.2) is 0 Å². The standard InChI is InChI=1S/C16H34N2/c1-6-14-8-10-15(11-9-14)18(5)13-12-17-16(3,4)7-2/h14-15,17H,6-13H2,1-5H3. The molecule has 1 aliphatic rings. The summed E-state index contributed by atoms with van der Waals surface area (Å²) >= 11 is 0. The van der Waals surface area contributed by atoms with E-state index < -0.39 is 0 Å². The molecule has 0 unspecified atom stereocenters. The van der Waals surface area contributed by atoms with Crippen molar-refractivity contribution in [3.05, 3.63) is 0 Å². The van der Waals surface area contributed by atoms with Crippen molar-refractivity contribution >= 4 is 0 Å². The van der Waals surface area contributed by atoms with Crippen LogP contribution < -0.4 is 5.32 Å². The van der Waals surface area contributed by atoms with Crippen LogP contribution in [0.1, 0.15) is 66.2 Å². The number of hydrogen-bond donors (Lipinski definition) is 1. The molecule has 0 aromatic rings. The third-order valence-electron chi connectivity index (χ3n) is 4.97. The molecular weight excluding hydrogens is 220 g/mol. The van der Waals surface area contributed by atoms with Gasteiger partial charge >= 0.3 is 0 Å². The Kier molecular flexibility index (Phi) is 6.65. The Morgan fingerprint density at radius 3 is 2.22 bits per heavy atom. The first-order valence-electron chi connectivity index (χ1n) is 7.93.